The first-order chi connectivity index (χ1) is 11.6. The van der Waals surface area contributed by atoms with Crippen LogP contribution < -0.4 is 9.47 Å². The molecule has 3 aromatic rings. The Morgan fingerprint density at radius 1 is 1.12 bits per heavy atom. The normalized spacial score (nSPS) is 12.1. The zero-order valence-electron chi connectivity index (χ0n) is 13.6. The number of hydrogen-bond acceptors (Lipinski definition) is 6. The Morgan fingerprint density at radius 3 is 2.42 bits per heavy atom. The summed E-state index contributed by atoms with van der Waals surface area (Å²) in [6, 6.07) is 8.80. The van der Waals surface area contributed by atoms with Crippen molar-refractivity contribution < 1.29 is 22.5 Å². The molecular formula is C17H17NO5S. The van der Waals surface area contributed by atoms with E-state index in [0.717, 1.165) is 0 Å². The number of furan rings is 1. The average Bonchev–Trinajstić information content (AvgIpc) is 3.24. The van der Waals surface area contributed by atoms with E-state index in [0.29, 0.717) is 39.5 Å². The molecule has 126 valence electrons. The molecule has 0 amide bonds. The fraction of sp³-hybridized carbons (Fsp3) is 0.235. The van der Waals surface area contributed by atoms with Gasteiger partial charge in [0.1, 0.15) is 22.2 Å². The Bertz CT molecular complexity index is 832. The van der Waals surface area contributed by atoms with Crippen molar-refractivity contribution >= 4 is 10.8 Å². The molecule has 6 nitrogen and oxygen atoms in total. The van der Waals surface area contributed by atoms with Gasteiger partial charge in [-0.3, -0.25) is 4.21 Å². The summed E-state index contributed by atoms with van der Waals surface area (Å²) in [5.74, 6) is 2.72. The smallest absolute Gasteiger partial charge is 0.263 e. The quantitative estimate of drug-likeness (QED) is 0.679. The highest BCUT2D eigenvalue weighted by Crippen LogP contribution is 2.33. The number of hydrogen-bond donors (Lipinski definition) is 0. The van der Waals surface area contributed by atoms with Crippen LogP contribution in [0.4, 0.5) is 0 Å². The van der Waals surface area contributed by atoms with Crippen molar-refractivity contribution in [3.8, 4) is 23.1 Å². The molecule has 7 heteroatoms. The second-order valence-electron chi connectivity index (χ2n) is 4.98. The van der Waals surface area contributed by atoms with Gasteiger partial charge >= 0.3 is 0 Å². The number of methoxy groups -OCH3 is 2. The molecule has 0 aliphatic rings. The Morgan fingerprint density at radius 2 is 1.83 bits per heavy atom. The predicted molar refractivity (Wildman–Crippen MR) is 88.6 cm³/mol. The second kappa shape index (κ2) is 6.92. The van der Waals surface area contributed by atoms with Gasteiger partial charge in [0.15, 0.2) is 5.76 Å². The van der Waals surface area contributed by atoms with Gasteiger partial charge in [-0.05, 0) is 31.2 Å². The third kappa shape index (κ3) is 3.07. The largest absolute Gasteiger partial charge is 0.495 e. The lowest BCUT2D eigenvalue weighted by atomic mass is 10.3. The van der Waals surface area contributed by atoms with E-state index in [4.69, 9.17) is 18.3 Å². The first-order valence-corrected chi connectivity index (χ1v) is 8.55. The minimum atomic E-state index is -1.40. The highest BCUT2D eigenvalue weighted by atomic mass is 32.2. The average molecular weight is 347 g/mol. The van der Waals surface area contributed by atoms with Gasteiger partial charge in [0.05, 0.1) is 42.7 Å². The number of ether oxygens (including phenoxy) is 2. The molecular weight excluding hydrogens is 330 g/mol. The van der Waals surface area contributed by atoms with E-state index >= 15 is 0 Å². The standard InChI is InChI=1S/C17H17NO5S/c1-11-12(18-17(23-11)15-8-5-9-22-15)10-24(19)16-13(20-2)6-4-7-14(16)21-3/h4-9H,10H2,1-3H3. The van der Waals surface area contributed by atoms with Crippen LogP contribution in [0.25, 0.3) is 11.7 Å². The predicted octanol–water partition coefficient (Wildman–Crippen LogP) is 3.57. The molecule has 0 aliphatic heterocycles. The molecule has 0 saturated heterocycles. The molecule has 0 bridgehead atoms. The van der Waals surface area contributed by atoms with Crippen molar-refractivity contribution in [1.29, 1.82) is 0 Å². The first kappa shape index (κ1) is 16.3. The van der Waals surface area contributed by atoms with Gasteiger partial charge in [0, 0.05) is 0 Å². The van der Waals surface area contributed by atoms with Crippen molar-refractivity contribution in [2.45, 2.75) is 17.6 Å². The summed E-state index contributed by atoms with van der Waals surface area (Å²) in [4.78, 5) is 4.90. The van der Waals surface area contributed by atoms with Crippen molar-refractivity contribution in [2.75, 3.05) is 14.2 Å². The maximum Gasteiger partial charge on any atom is 0.263 e. The van der Waals surface area contributed by atoms with Gasteiger partial charge in [-0.15, -0.1) is 0 Å². The number of benzene rings is 1. The van der Waals surface area contributed by atoms with Gasteiger partial charge in [-0.1, -0.05) is 6.07 Å². The van der Waals surface area contributed by atoms with Gasteiger partial charge in [-0.25, -0.2) is 4.98 Å². The highest BCUT2D eigenvalue weighted by Gasteiger charge is 2.21. The van der Waals surface area contributed by atoms with E-state index in [1.54, 1.807) is 43.5 Å². The van der Waals surface area contributed by atoms with Gasteiger partial charge in [-0.2, -0.15) is 0 Å². The van der Waals surface area contributed by atoms with E-state index in [1.165, 1.54) is 14.2 Å². The number of aryl methyl sites for hydroxylation is 1. The van der Waals surface area contributed by atoms with Crippen LogP contribution in [-0.4, -0.2) is 23.4 Å². The third-order valence-electron chi connectivity index (χ3n) is 3.50. The molecule has 1 atom stereocenters. The van der Waals surface area contributed by atoms with E-state index in [1.807, 2.05) is 0 Å². The molecule has 1 unspecified atom stereocenters. The molecule has 2 aromatic heterocycles. The topological polar surface area (TPSA) is 74.7 Å². The molecule has 2 heterocycles. The monoisotopic (exact) mass is 347 g/mol. The van der Waals surface area contributed by atoms with Gasteiger partial charge in [0.25, 0.3) is 5.89 Å². The lowest BCUT2D eigenvalue weighted by molar-refractivity contribution is 0.375. The summed E-state index contributed by atoms with van der Waals surface area (Å²) in [5.41, 5.74) is 0.604. The van der Waals surface area contributed by atoms with Gasteiger partial charge in [0.2, 0.25) is 0 Å². The van der Waals surface area contributed by atoms with Crippen molar-refractivity contribution in [3.63, 3.8) is 0 Å². The van der Waals surface area contributed by atoms with Crippen molar-refractivity contribution in [1.82, 2.24) is 4.98 Å². The minimum Gasteiger partial charge on any atom is -0.495 e. The van der Waals surface area contributed by atoms with Crippen molar-refractivity contribution in [3.05, 3.63) is 48.0 Å². The number of nitrogens with zero attached hydrogens (tertiary/aromatic N) is 1. The molecule has 24 heavy (non-hydrogen) atoms. The van der Waals surface area contributed by atoms with Crippen molar-refractivity contribution in [2.24, 2.45) is 0 Å². The molecule has 0 saturated carbocycles. The molecule has 0 radical (unpaired) electrons. The molecule has 3 rings (SSSR count). The summed E-state index contributed by atoms with van der Waals surface area (Å²) in [6.07, 6.45) is 1.55. The van der Waals surface area contributed by atoms with Crippen LogP contribution in [0.15, 0.2) is 50.3 Å². The zero-order chi connectivity index (χ0) is 17.1. The van der Waals surface area contributed by atoms with E-state index < -0.39 is 10.8 Å². The van der Waals surface area contributed by atoms with Crippen LogP contribution in [0, 0.1) is 6.92 Å². The number of aromatic nitrogens is 1. The maximum atomic E-state index is 12.9. The molecule has 0 fully saturated rings. The van der Waals surface area contributed by atoms with Crippen LogP contribution >= 0.6 is 0 Å². The lowest BCUT2D eigenvalue weighted by Crippen LogP contribution is -2.03. The molecule has 1 aromatic carbocycles. The molecule has 0 spiro atoms. The summed E-state index contributed by atoms with van der Waals surface area (Å²) in [5, 5.41) is 0. The Kier molecular flexibility index (Phi) is 4.71. The Labute approximate surface area is 141 Å². The number of oxazole rings is 1. The van der Waals surface area contributed by atoms with Crippen LogP contribution in [0.3, 0.4) is 0 Å². The molecule has 0 N–H and O–H groups in total. The van der Waals surface area contributed by atoms with Crippen LogP contribution in [0.2, 0.25) is 0 Å². The second-order valence-corrected chi connectivity index (χ2v) is 6.37. The SMILES string of the molecule is COc1cccc(OC)c1S(=O)Cc1nc(-c2ccco2)oc1C. The van der Waals surface area contributed by atoms with E-state index in [2.05, 4.69) is 4.98 Å². The van der Waals surface area contributed by atoms with Gasteiger partial charge < -0.3 is 18.3 Å². The first-order valence-electron chi connectivity index (χ1n) is 7.23. The summed E-state index contributed by atoms with van der Waals surface area (Å²) < 4.78 is 34.4. The van der Waals surface area contributed by atoms with Crippen LogP contribution in [0.5, 0.6) is 11.5 Å². The summed E-state index contributed by atoms with van der Waals surface area (Å²) in [6.45, 7) is 1.78. The van der Waals surface area contributed by atoms with Crippen LogP contribution in [0.1, 0.15) is 11.5 Å². The summed E-state index contributed by atoms with van der Waals surface area (Å²) >= 11 is 0. The Balaban J connectivity index is 1.91. The molecule has 0 aliphatic carbocycles. The third-order valence-corrected chi connectivity index (χ3v) is 4.90. The number of rotatable bonds is 6. The highest BCUT2D eigenvalue weighted by molar-refractivity contribution is 7.84. The zero-order valence-corrected chi connectivity index (χ0v) is 14.4. The minimum absolute atomic E-state index is 0.187. The van der Waals surface area contributed by atoms with E-state index in [-0.39, 0.29) is 5.75 Å². The summed E-state index contributed by atoms with van der Waals surface area (Å²) in [7, 11) is 1.66. The lowest BCUT2D eigenvalue weighted by Gasteiger charge is -2.11. The van der Waals surface area contributed by atoms with E-state index in [9.17, 15) is 4.21 Å². The fourth-order valence-corrected chi connectivity index (χ4v) is 3.72. The fourth-order valence-electron chi connectivity index (χ4n) is 2.31. The Hall–Kier alpha value is -2.54. The van der Waals surface area contributed by atoms with Crippen LogP contribution in [-0.2, 0) is 16.6 Å². The maximum absolute atomic E-state index is 12.9.